The normalized spacial score (nSPS) is 15.2. The summed E-state index contributed by atoms with van der Waals surface area (Å²) in [5.74, 6) is -0.621. The van der Waals surface area contributed by atoms with Gasteiger partial charge in [-0.2, -0.15) is 0 Å². The summed E-state index contributed by atoms with van der Waals surface area (Å²) in [6.45, 7) is 4.64. The zero-order chi connectivity index (χ0) is 22.6. The third kappa shape index (κ3) is 5.49. The van der Waals surface area contributed by atoms with Gasteiger partial charge in [0.2, 0.25) is 15.9 Å². The van der Waals surface area contributed by atoms with Crippen LogP contribution in [0.15, 0.2) is 53.4 Å². The number of hydrogen-bond donors (Lipinski definition) is 1. The minimum absolute atomic E-state index is 0.0117. The third-order valence-corrected chi connectivity index (χ3v) is 7.03. The molecule has 1 saturated heterocycles. The highest BCUT2D eigenvalue weighted by molar-refractivity contribution is 7.89. The topological polar surface area (TPSA) is 90.0 Å². The van der Waals surface area contributed by atoms with E-state index in [9.17, 15) is 18.0 Å². The molecular formula is C22H28N4O4S. The highest BCUT2D eigenvalue weighted by atomic mass is 32.2. The SMILES string of the molecule is CC(=O)Nc1ccc(S(=O)(=O)N(C)C)cc1C(=O)N1CCN(Cc2ccccc2)CC1. The molecule has 0 bridgehead atoms. The Kier molecular flexibility index (Phi) is 7.09. The molecule has 0 atom stereocenters. The molecule has 0 aromatic heterocycles. The summed E-state index contributed by atoms with van der Waals surface area (Å²) in [4.78, 5) is 28.9. The molecule has 2 aromatic carbocycles. The monoisotopic (exact) mass is 444 g/mol. The average Bonchev–Trinajstić information content (AvgIpc) is 2.74. The fourth-order valence-electron chi connectivity index (χ4n) is 3.49. The molecule has 1 fully saturated rings. The molecule has 0 unspecified atom stereocenters. The number of sulfonamides is 1. The first-order chi connectivity index (χ1) is 14.7. The van der Waals surface area contributed by atoms with Crippen molar-refractivity contribution in [3.8, 4) is 0 Å². The van der Waals surface area contributed by atoms with E-state index in [1.165, 1.54) is 44.8 Å². The Morgan fingerprint density at radius 2 is 1.65 bits per heavy atom. The van der Waals surface area contributed by atoms with Gasteiger partial charge in [-0.1, -0.05) is 30.3 Å². The standard InChI is InChI=1S/C22H28N4O4S/c1-17(27)23-21-10-9-19(31(29,30)24(2)3)15-20(21)22(28)26-13-11-25(12-14-26)16-18-7-5-4-6-8-18/h4-10,15H,11-14,16H2,1-3H3,(H,23,27). The van der Waals surface area contributed by atoms with Crippen molar-refractivity contribution in [2.24, 2.45) is 0 Å². The Morgan fingerprint density at radius 3 is 2.23 bits per heavy atom. The lowest BCUT2D eigenvalue weighted by Crippen LogP contribution is -2.48. The number of carbonyl (C=O) groups excluding carboxylic acids is 2. The van der Waals surface area contributed by atoms with Crippen molar-refractivity contribution in [2.45, 2.75) is 18.4 Å². The summed E-state index contributed by atoms with van der Waals surface area (Å²) in [6, 6.07) is 14.4. The van der Waals surface area contributed by atoms with Crippen LogP contribution in [0.3, 0.4) is 0 Å². The predicted octanol–water partition coefficient (Wildman–Crippen LogP) is 1.85. The molecule has 8 nitrogen and oxygen atoms in total. The van der Waals surface area contributed by atoms with Crippen LogP contribution < -0.4 is 5.32 Å². The van der Waals surface area contributed by atoms with Crippen molar-refractivity contribution in [3.63, 3.8) is 0 Å². The van der Waals surface area contributed by atoms with E-state index in [0.29, 0.717) is 31.9 Å². The van der Waals surface area contributed by atoms with E-state index in [1.807, 2.05) is 18.2 Å². The van der Waals surface area contributed by atoms with Crippen LogP contribution in [0.25, 0.3) is 0 Å². The Hall–Kier alpha value is -2.75. The molecule has 0 spiro atoms. The molecule has 1 aliphatic rings. The van der Waals surface area contributed by atoms with Gasteiger partial charge >= 0.3 is 0 Å². The second-order valence-electron chi connectivity index (χ2n) is 7.73. The lowest BCUT2D eigenvalue weighted by atomic mass is 10.1. The maximum Gasteiger partial charge on any atom is 0.256 e. The van der Waals surface area contributed by atoms with E-state index in [2.05, 4.69) is 22.3 Å². The quantitative estimate of drug-likeness (QED) is 0.735. The molecule has 31 heavy (non-hydrogen) atoms. The molecule has 1 N–H and O–H groups in total. The van der Waals surface area contributed by atoms with Crippen LogP contribution in [0.1, 0.15) is 22.8 Å². The van der Waals surface area contributed by atoms with Gasteiger partial charge in [-0.25, -0.2) is 12.7 Å². The highest BCUT2D eigenvalue weighted by Crippen LogP contribution is 2.24. The molecule has 9 heteroatoms. The van der Waals surface area contributed by atoms with Gasteiger partial charge in [0.1, 0.15) is 0 Å². The summed E-state index contributed by atoms with van der Waals surface area (Å²) in [5, 5.41) is 2.64. The minimum atomic E-state index is -3.71. The molecule has 3 rings (SSSR count). The number of rotatable bonds is 6. The number of benzene rings is 2. The molecule has 2 aromatic rings. The van der Waals surface area contributed by atoms with E-state index >= 15 is 0 Å². The van der Waals surface area contributed by atoms with Crippen LogP contribution in [-0.2, 0) is 21.4 Å². The number of nitrogens with zero attached hydrogens (tertiary/aromatic N) is 3. The van der Waals surface area contributed by atoms with Crippen molar-refractivity contribution in [1.29, 1.82) is 0 Å². The molecular weight excluding hydrogens is 416 g/mol. The summed E-state index contributed by atoms with van der Waals surface area (Å²) in [6.07, 6.45) is 0. The van der Waals surface area contributed by atoms with Gasteiger partial charge in [-0.15, -0.1) is 0 Å². The lowest BCUT2D eigenvalue weighted by molar-refractivity contribution is -0.114. The van der Waals surface area contributed by atoms with Gasteiger partial charge in [0.25, 0.3) is 5.91 Å². The van der Waals surface area contributed by atoms with E-state index in [4.69, 9.17) is 0 Å². The number of nitrogens with one attached hydrogen (secondary N) is 1. The average molecular weight is 445 g/mol. The summed E-state index contributed by atoms with van der Waals surface area (Å²) < 4.78 is 26.2. The summed E-state index contributed by atoms with van der Waals surface area (Å²) in [7, 11) is -0.841. The fourth-order valence-corrected chi connectivity index (χ4v) is 4.42. The van der Waals surface area contributed by atoms with Crippen molar-refractivity contribution < 1.29 is 18.0 Å². The van der Waals surface area contributed by atoms with Crippen molar-refractivity contribution in [1.82, 2.24) is 14.1 Å². The van der Waals surface area contributed by atoms with Crippen LogP contribution in [0, 0.1) is 0 Å². The molecule has 2 amide bonds. The second-order valence-corrected chi connectivity index (χ2v) is 9.88. The molecule has 0 aliphatic carbocycles. The number of hydrogen-bond acceptors (Lipinski definition) is 5. The van der Waals surface area contributed by atoms with E-state index in [-0.39, 0.29) is 22.3 Å². The van der Waals surface area contributed by atoms with E-state index in [1.54, 1.807) is 4.90 Å². The second kappa shape index (κ2) is 9.59. The Bertz CT molecular complexity index is 1050. The fraction of sp³-hybridized carbons (Fsp3) is 0.364. The molecule has 0 saturated carbocycles. The molecule has 1 aliphatic heterocycles. The van der Waals surface area contributed by atoms with Crippen LogP contribution in [0.4, 0.5) is 5.69 Å². The molecule has 166 valence electrons. The zero-order valence-corrected chi connectivity index (χ0v) is 18.9. The predicted molar refractivity (Wildman–Crippen MR) is 119 cm³/mol. The van der Waals surface area contributed by atoms with Gasteiger partial charge in [-0.3, -0.25) is 14.5 Å². The largest absolute Gasteiger partial charge is 0.336 e. The third-order valence-electron chi connectivity index (χ3n) is 5.22. The van der Waals surface area contributed by atoms with Gasteiger partial charge in [0.15, 0.2) is 0 Å². The Balaban J connectivity index is 1.79. The maximum absolute atomic E-state index is 13.3. The molecule has 1 heterocycles. The van der Waals surface area contributed by atoms with Gasteiger partial charge in [-0.05, 0) is 23.8 Å². The van der Waals surface area contributed by atoms with Crippen LogP contribution in [0.5, 0.6) is 0 Å². The molecule has 0 radical (unpaired) electrons. The smallest absolute Gasteiger partial charge is 0.256 e. The van der Waals surface area contributed by atoms with Gasteiger partial charge in [0, 0.05) is 53.7 Å². The Labute approximate surface area is 183 Å². The van der Waals surface area contributed by atoms with Crippen molar-refractivity contribution >= 4 is 27.5 Å². The minimum Gasteiger partial charge on any atom is -0.336 e. The maximum atomic E-state index is 13.3. The first kappa shape index (κ1) is 22.9. The van der Waals surface area contributed by atoms with Gasteiger partial charge < -0.3 is 10.2 Å². The zero-order valence-electron chi connectivity index (χ0n) is 18.0. The van der Waals surface area contributed by atoms with Crippen LogP contribution >= 0.6 is 0 Å². The number of anilines is 1. The number of amides is 2. The van der Waals surface area contributed by atoms with Crippen molar-refractivity contribution in [2.75, 3.05) is 45.6 Å². The van der Waals surface area contributed by atoms with E-state index < -0.39 is 10.0 Å². The summed E-state index contributed by atoms with van der Waals surface area (Å²) >= 11 is 0. The van der Waals surface area contributed by atoms with Crippen LogP contribution in [0.2, 0.25) is 0 Å². The Morgan fingerprint density at radius 1 is 1.00 bits per heavy atom. The first-order valence-corrected chi connectivity index (χ1v) is 11.5. The van der Waals surface area contributed by atoms with Gasteiger partial charge in [0.05, 0.1) is 16.1 Å². The number of piperazine rings is 1. The first-order valence-electron chi connectivity index (χ1n) is 10.1. The number of carbonyl (C=O) groups is 2. The van der Waals surface area contributed by atoms with E-state index in [0.717, 1.165) is 10.8 Å². The lowest BCUT2D eigenvalue weighted by Gasteiger charge is -2.35. The highest BCUT2D eigenvalue weighted by Gasteiger charge is 2.27. The summed E-state index contributed by atoms with van der Waals surface area (Å²) in [5.41, 5.74) is 1.70. The van der Waals surface area contributed by atoms with Crippen molar-refractivity contribution in [3.05, 3.63) is 59.7 Å². The van der Waals surface area contributed by atoms with Crippen LogP contribution in [-0.4, -0.2) is 74.6 Å².